The molecule has 5 nitrogen and oxygen atoms in total. The number of hydrogen-bond donors (Lipinski definition) is 1. The second-order valence-electron chi connectivity index (χ2n) is 5.28. The summed E-state index contributed by atoms with van der Waals surface area (Å²) >= 11 is 0. The van der Waals surface area contributed by atoms with Crippen LogP contribution >= 0.6 is 0 Å². The molecule has 1 amide bonds. The van der Waals surface area contributed by atoms with Crippen LogP contribution in [0.25, 0.3) is 11.4 Å². The molecule has 2 aromatic heterocycles. The first kappa shape index (κ1) is 15.1. The molecule has 5 heteroatoms. The van der Waals surface area contributed by atoms with E-state index in [4.69, 9.17) is 4.42 Å². The van der Waals surface area contributed by atoms with Gasteiger partial charge in [0.25, 0.3) is 0 Å². The average Bonchev–Trinajstić information content (AvgIpc) is 3.24. The summed E-state index contributed by atoms with van der Waals surface area (Å²) in [5.74, 6) is 1.73. The van der Waals surface area contributed by atoms with Crippen molar-refractivity contribution in [2.24, 2.45) is 0 Å². The molecule has 0 fully saturated rings. The fourth-order valence-electron chi connectivity index (χ4n) is 2.44. The Morgan fingerprint density at radius 2 is 2.04 bits per heavy atom. The lowest BCUT2D eigenvalue weighted by molar-refractivity contribution is -0.121. The molecule has 23 heavy (non-hydrogen) atoms. The summed E-state index contributed by atoms with van der Waals surface area (Å²) in [7, 11) is 0. The van der Waals surface area contributed by atoms with E-state index in [0.717, 1.165) is 30.0 Å². The van der Waals surface area contributed by atoms with E-state index in [1.54, 1.807) is 12.5 Å². The number of imidazole rings is 1. The van der Waals surface area contributed by atoms with Crippen molar-refractivity contribution < 1.29 is 9.21 Å². The summed E-state index contributed by atoms with van der Waals surface area (Å²) in [6, 6.07) is 13.7. The van der Waals surface area contributed by atoms with Gasteiger partial charge < -0.3 is 14.3 Å². The number of amides is 1. The molecule has 0 radical (unpaired) electrons. The van der Waals surface area contributed by atoms with Crippen molar-refractivity contribution in [1.29, 1.82) is 0 Å². The van der Waals surface area contributed by atoms with Crippen molar-refractivity contribution in [3.63, 3.8) is 0 Å². The lowest BCUT2D eigenvalue weighted by Crippen LogP contribution is -2.28. The van der Waals surface area contributed by atoms with Crippen molar-refractivity contribution in [2.75, 3.05) is 6.54 Å². The lowest BCUT2D eigenvalue weighted by atomic mass is 10.2. The minimum Gasteiger partial charge on any atom is -0.469 e. The minimum absolute atomic E-state index is 0.0142. The van der Waals surface area contributed by atoms with Crippen molar-refractivity contribution in [3.05, 3.63) is 66.9 Å². The van der Waals surface area contributed by atoms with Crippen LogP contribution in [0.5, 0.6) is 0 Å². The number of carbonyl (C=O) groups excluding carboxylic acids is 1. The molecule has 3 rings (SSSR count). The zero-order valence-corrected chi connectivity index (χ0v) is 12.8. The number of hydrogen-bond acceptors (Lipinski definition) is 3. The molecule has 0 aliphatic rings. The zero-order valence-electron chi connectivity index (χ0n) is 12.8. The highest BCUT2D eigenvalue weighted by Gasteiger charge is 2.09. The Morgan fingerprint density at radius 3 is 2.83 bits per heavy atom. The molecule has 0 atom stereocenters. The highest BCUT2D eigenvalue weighted by molar-refractivity contribution is 5.76. The van der Waals surface area contributed by atoms with Gasteiger partial charge in [-0.25, -0.2) is 4.98 Å². The molecule has 0 unspecified atom stereocenters. The van der Waals surface area contributed by atoms with Crippen LogP contribution in [0, 0.1) is 0 Å². The van der Waals surface area contributed by atoms with E-state index in [1.807, 2.05) is 53.2 Å². The number of aromatic nitrogens is 2. The first-order valence-electron chi connectivity index (χ1n) is 7.68. The molecule has 0 aliphatic carbocycles. The maximum Gasteiger partial charge on any atom is 0.239 e. The van der Waals surface area contributed by atoms with Gasteiger partial charge in [-0.2, -0.15) is 0 Å². The highest BCUT2D eigenvalue weighted by atomic mass is 16.3. The Labute approximate surface area is 135 Å². The van der Waals surface area contributed by atoms with E-state index in [0.29, 0.717) is 6.54 Å². The van der Waals surface area contributed by atoms with E-state index in [-0.39, 0.29) is 12.5 Å². The van der Waals surface area contributed by atoms with Crippen LogP contribution in [0.2, 0.25) is 0 Å². The third-order valence-corrected chi connectivity index (χ3v) is 3.56. The van der Waals surface area contributed by atoms with Crippen molar-refractivity contribution in [2.45, 2.75) is 19.4 Å². The standard InChI is InChI=1S/C18H19N3O2/c22-17(19-10-4-8-16-9-5-13-23-16)14-21-12-11-20-18(21)15-6-2-1-3-7-15/h1-3,5-7,9,11-13H,4,8,10,14H2,(H,19,22). The highest BCUT2D eigenvalue weighted by Crippen LogP contribution is 2.16. The van der Waals surface area contributed by atoms with Gasteiger partial charge in [0.15, 0.2) is 0 Å². The van der Waals surface area contributed by atoms with Gasteiger partial charge in [-0.3, -0.25) is 4.79 Å². The van der Waals surface area contributed by atoms with Gasteiger partial charge in [-0.05, 0) is 18.6 Å². The normalized spacial score (nSPS) is 10.6. The maximum absolute atomic E-state index is 12.1. The van der Waals surface area contributed by atoms with E-state index >= 15 is 0 Å². The summed E-state index contributed by atoms with van der Waals surface area (Å²) in [5, 5.41) is 2.93. The summed E-state index contributed by atoms with van der Waals surface area (Å²) in [6.07, 6.45) is 6.89. The number of aryl methyl sites for hydroxylation is 1. The summed E-state index contributed by atoms with van der Waals surface area (Å²) in [6.45, 7) is 0.903. The van der Waals surface area contributed by atoms with Gasteiger partial charge in [-0.15, -0.1) is 0 Å². The lowest BCUT2D eigenvalue weighted by Gasteiger charge is -2.08. The molecule has 0 aliphatic heterocycles. The molecule has 1 N–H and O–H groups in total. The summed E-state index contributed by atoms with van der Waals surface area (Å²) in [4.78, 5) is 16.4. The van der Waals surface area contributed by atoms with E-state index in [2.05, 4.69) is 10.3 Å². The minimum atomic E-state index is -0.0142. The molecule has 0 bridgehead atoms. The molecular weight excluding hydrogens is 290 g/mol. The predicted molar refractivity (Wildman–Crippen MR) is 87.7 cm³/mol. The number of nitrogens with zero attached hydrogens (tertiary/aromatic N) is 2. The van der Waals surface area contributed by atoms with Crippen LogP contribution in [0.1, 0.15) is 12.2 Å². The maximum atomic E-state index is 12.1. The van der Waals surface area contributed by atoms with Crippen molar-refractivity contribution in [3.8, 4) is 11.4 Å². The average molecular weight is 309 g/mol. The Hall–Kier alpha value is -2.82. The molecule has 2 heterocycles. The number of rotatable bonds is 7. The molecule has 0 saturated carbocycles. The Kier molecular flexibility index (Phi) is 4.88. The van der Waals surface area contributed by atoms with E-state index in [1.165, 1.54) is 0 Å². The van der Waals surface area contributed by atoms with Gasteiger partial charge in [0.1, 0.15) is 18.1 Å². The number of nitrogens with one attached hydrogen (secondary N) is 1. The fraction of sp³-hybridized carbons (Fsp3) is 0.222. The molecule has 118 valence electrons. The molecule has 3 aromatic rings. The van der Waals surface area contributed by atoms with Gasteiger partial charge in [0, 0.05) is 30.9 Å². The summed E-state index contributed by atoms with van der Waals surface area (Å²) < 4.78 is 7.12. The van der Waals surface area contributed by atoms with E-state index in [9.17, 15) is 4.79 Å². The Balaban J connectivity index is 1.50. The monoisotopic (exact) mass is 309 g/mol. The Morgan fingerprint density at radius 1 is 1.17 bits per heavy atom. The van der Waals surface area contributed by atoms with Gasteiger partial charge in [0.05, 0.1) is 6.26 Å². The van der Waals surface area contributed by atoms with Crippen LogP contribution < -0.4 is 5.32 Å². The largest absolute Gasteiger partial charge is 0.469 e. The van der Waals surface area contributed by atoms with Crippen LogP contribution in [-0.4, -0.2) is 22.0 Å². The third kappa shape index (κ3) is 4.10. The second kappa shape index (κ2) is 7.45. The number of benzene rings is 1. The summed E-state index contributed by atoms with van der Waals surface area (Å²) in [5.41, 5.74) is 1.00. The van der Waals surface area contributed by atoms with Crippen LogP contribution in [-0.2, 0) is 17.8 Å². The molecule has 1 aromatic carbocycles. The van der Waals surface area contributed by atoms with Crippen molar-refractivity contribution in [1.82, 2.24) is 14.9 Å². The predicted octanol–water partition coefficient (Wildman–Crippen LogP) is 2.89. The molecule has 0 saturated heterocycles. The third-order valence-electron chi connectivity index (χ3n) is 3.56. The van der Waals surface area contributed by atoms with Crippen molar-refractivity contribution >= 4 is 5.91 Å². The van der Waals surface area contributed by atoms with Crippen LogP contribution in [0.3, 0.4) is 0 Å². The van der Waals surface area contributed by atoms with Gasteiger partial charge in [0.2, 0.25) is 5.91 Å². The van der Waals surface area contributed by atoms with Gasteiger partial charge in [-0.1, -0.05) is 30.3 Å². The fourth-order valence-corrected chi connectivity index (χ4v) is 2.44. The number of carbonyl (C=O) groups is 1. The Bertz CT molecular complexity index is 733. The molecule has 0 spiro atoms. The topological polar surface area (TPSA) is 60.1 Å². The first-order valence-corrected chi connectivity index (χ1v) is 7.68. The zero-order chi connectivity index (χ0) is 15.9. The van der Waals surface area contributed by atoms with Crippen LogP contribution in [0.4, 0.5) is 0 Å². The van der Waals surface area contributed by atoms with Gasteiger partial charge >= 0.3 is 0 Å². The smallest absolute Gasteiger partial charge is 0.239 e. The number of furan rings is 1. The van der Waals surface area contributed by atoms with Crippen LogP contribution in [0.15, 0.2) is 65.5 Å². The molecular formula is C18H19N3O2. The SMILES string of the molecule is O=C(Cn1ccnc1-c1ccccc1)NCCCc1ccco1. The first-order chi connectivity index (χ1) is 11.3. The quantitative estimate of drug-likeness (QED) is 0.683. The van der Waals surface area contributed by atoms with E-state index < -0.39 is 0 Å². The second-order valence-corrected chi connectivity index (χ2v) is 5.28.